The Hall–Kier alpha value is -1.93. The largest absolute Gasteiger partial charge is 0.494 e. The van der Waals surface area contributed by atoms with Crippen LogP contribution in [-0.2, 0) is 11.3 Å². The van der Waals surface area contributed by atoms with Gasteiger partial charge in [0, 0.05) is 31.6 Å². The second kappa shape index (κ2) is 9.52. The number of hydrogen-bond donors (Lipinski definition) is 0. The number of hydrogen-bond acceptors (Lipinski definition) is 6. The highest BCUT2D eigenvalue weighted by molar-refractivity contribution is 7.14. The number of methoxy groups -OCH3 is 1. The van der Waals surface area contributed by atoms with Crippen molar-refractivity contribution in [3.05, 3.63) is 52.0 Å². The molecule has 0 unspecified atom stereocenters. The van der Waals surface area contributed by atoms with E-state index < -0.39 is 0 Å². The zero-order chi connectivity index (χ0) is 19.2. The molecule has 0 radical (unpaired) electrons. The summed E-state index contributed by atoms with van der Waals surface area (Å²) in [6, 6.07) is 12.2. The number of thiazole rings is 1. The van der Waals surface area contributed by atoms with E-state index in [0.29, 0.717) is 0 Å². The van der Waals surface area contributed by atoms with Gasteiger partial charge in [-0.15, -0.1) is 22.7 Å². The Labute approximate surface area is 173 Å². The number of aromatic nitrogens is 1. The van der Waals surface area contributed by atoms with Crippen molar-refractivity contribution in [2.24, 2.45) is 4.99 Å². The maximum Gasteiger partial charge on any atom is 0.190 e. The normalized spacial score (nSPS) is 15.8. The molecule has 3 heterocycles. The van der Waals surface area contributed by atoms with Gasteiger partial charge < -0.3 is 14.0 Å². The fraction of sp³-hybridized carbons (Fsp3) is 0.381. The molecule has 148 valence electrons. The highest BCUT2D eigenvalue weighted by Gasteiger charge is 2.13. The molecule has 0 bridgehead atoms. The van der Waals surface area contributed by atoms with Crippen molar-refractivity contribution in [3.8, 4) is 16.3 Å². The van der Waals surface area contributed by atoms with Crippen molar-refractivity contribution in [1.82, 2.24) is 9.47 Å². The van der Waals surface area contributed by atoms with Crippen LogP contribution in [0.15, 0.2) is 52.2 Å². The van der Waals surface area contributed by atoms with Gasteiger partial charge in [-0.25, -0.2) is 4.99 Å². The molecule has 1 aliphatic heterocycles. The predicted molar refractivity (Wildman–Crippen MR) is 116 cm³/mol. The summed E-state index contributed by atoms with van der Waals surface area (Å²) in [5.41, 5.74) is 2.11. The molecule has 0 saturated carbocycles. The zero-order valence-electron chi connectivity index (χ0n) is 16.0. The lowest BCUT2D eigenvalue weighted by Gasteiger charge is -2.26. The minimum Gasteiger partial charge on any atom is -0.494 e. The number of benzene rings is 1. The first-order valence-electron chi connectivity index (χ1n) is 9.55. The number of rotatable bonds is 7. The van der Waals surface area contributed by atoms with Gasteiger partial charge in [0.1, 0.15) is 11.4 Å². The fourth-order valence-corrected chi connectivity index (χ4v) is 5.12. The molecule has 1 saturated heterocycles. The SMILES string of the molecule is COc1ccccc1N=c1scc(-c2cccs2)n1CCCN1CCOCC1. The van der Waals surface area contributed by atoms with Crippen LogP contribution in [0.5, 0.6) is 5.75 Å². The molecule has 1 aromatic carbocycles. The van der Waals surface area contributed by atoms with Crippen LogP contribution in [0.2, 0.25) is 0 Å². The van der Waals surface area contributed by atoms with Crippen LogP contribution in [0.4, 0.5) is 5.69 Å². The van der Waals surface area contributed by atoms with E-state index in [0.717, 1.165) is 62.1 Å². The van der Waals surface area contributed by atoms with Crippen molar-refractivity contribution >= 4 is 28.4 Å². The van der Waals surface area contributed by atoms with E-state index in [1.165, 1.54) is 10.6 Å². The number of morpholine rings is 1. The average molecular weight is 416 g/mol. The first-order chi connectivity index (χ1) is 13.8. The maximum atomic E-state index is 5.48. The van der Waals surface area contributed by atoms with Gasteiger partial charge in [-0.05, 0) is 30.0 Å². The Balaban J connectivity index is 1.62. The molecule has 0 atom stereocenters. The van der Waals surface area contributed by atoms with Crippen molar-refractivity contribution in [3.63, 3.8) is 0 Å². The van der Waals surface area contributed by atoms with E-state index in [1.54, 1.807) is 29.8 Å². The van der Waals surface area contributed by atoms with Gasteiger partial charge in [0.05, 0.1) is 30.9 Å². The monoisotopic (exact) mass is 415 g/mol. The molecule has 2 aromatic heterocycles. The van der Waals surface area contributed by atoms with E-state index >= 15 is 0 Å². The third-order valence-corrected chi connectivity index (χ3v) is 6.59. The standard InChI is InChI=1S/C21H25N3O2S2/c1-25-19-7-3-2-6-17(19)22-21-24(10-5-9-23-11-13-26-14-12-23)18(16-28-21)20-8-4-15-27-20/h2-4,6-8,15-16H,5,9-14H2,1H3. The summed E-state index contributed by atoms with van der Waals surface area (Å²) in [6.07, 6.45) is 1.09. The quantitative estimate of drug-likeness (QED) is 0.579. The van der Waals surface area contributed by atoms with Crippen molar-refractivity contribution in [2.45, 2.75) is 13.0 Å². The fourth-order valence-electron chi connectivity index (χ4n) is 3.36. The first kappa shape index (κ1) is 19.4. The van der Waals surface area contributed by atoms with Crippen LogP contribution >= 0.6 is 22.7 Å². The smallest absolute Gasteiger partial charge is 0.190 e. The molecule has 1 fully saturated rings. The van der Waals surface area contributed by atoms with Crippen LogP contribution in [-0.4, -0.2) is 49.4 Å². The summed E-state index contributed by atoms with van der Waals surface area (Å²) in [5.74, 6) is 0.799. The topological polar surface area (TPSA) is 39.0 Å². The summed E-state index contributed by atoms with van der Waals surface area (Å²) in [7, 11) is 1.69. The summed E-state index contributed by atoms with van der Waals surface area (Å²) in [5, 5.41) is 4.34. The summed E-state index contributed by atoms with van der Waals surface area (Å²) >= 11 is 3.46. The van der Waals surface area contributed by atoms with Gasteiger partial charge in [0.2, 0.25) is 0 Å². The minimum absolute atomic E-state index is 0.799. The lowest BCUT2D eigenvalue weighted by atomic mass is 10.3. The van der Waals surface area contributed by atoms with E-state index in [-0.39, 0.29) is 0 Å². The highest BCUT2D eigenvalue weighted by atomic mass is 32.1. The van der Waals surface area contributed by atoms with Gasteiger partial charge in [-0.3, -0.25) is 4.90 Å². The number of ether oxygens (including phenoxy) is 2. The maximum absolute atomic E-state index is 5.48. The van der Waals surface area contributed by atoms with Crippen LogP contribution in [0.1, 0.15) is 6.42 Å². The van der Waals surface area contributed by atoms with Crippen LogP contribution in [0.25, 0.3) is 10.6 Å². The molecule has 0 N–H and O–H groups in total. The number of thiophene rings is 1. The molecule has 4 rings (SSSR count). The molecule has 0 spiro atoms. The Kier molecular flexibility index (Phi) is 6.59. The average Bonchev–Trinajstić information content (AvgIpc) is 3.40. The van der Waals surface area contributed by atoms with Crippen LogP contribution in [0, 0.1) is 0 Å². The lowest BCUT2D eigenvalue weighted by Crippen LogP contribution is -2.37. The van der Waals surface area contributed by atoms with Gasteiger partial charge in [0.15, 0.2) is 4.80 Å². The van der Waals surface area contributed by atoms with Gasteiger partial charge in [-0.1, -0.05) is 18.2 Å². The third kappa shape index (κ3) is 4.55. The molecule has 1 aliphatic rings. The zero-order valence-corrected chi connectivity index (χ0v) is 17.7. The third-order valence-electron chi connectivity index (χ3n) is 4.83. The van der Waals surface area contributed by atoms with Gasteiger partial charge in [0.25, 0.3) is 0 Å². The van der Waals surface area contributed by atoms with E-state index in [1.807, 2.05) is 24.3 Å². The van der Waals surface area contributed by atoms with Crippen LogP contribution in [0.3, 0.4) is 0 Å². The molecular formula is C21H25N3O2S2. The Morgan fingerprint density at radius 1 is 1.07 bits per heavy atom. The highest BCUT2D eigenvalue weighted by Crippen LogP contribution is 2.28. The number of para-hydroxylation sites is 2. The first-order valence-corrected chi connectivity index (χ1v) is 11.3. The van der Waals surface area contributed by atoms with Gasteiger partial charge in [-0.2, -0.15) is 0 Å². The molecule has 5 nitrogen and oxygen atoms in total. The Bertz CT molecular complexity index is 941. The molecule has 7 heteroatoms. The summed E-state index contributed by atoms with van der Waals surface area (Å²) < 4.78 is 13.3. The Morgan fingerprint density at radius 2 is 1.93 bits per heavy atom. The number of nitrogens with zero attached hydrogens (tertiary/aromatic N) is 3. The van der Waals surface area contributed by atoms with Crippen LogP contribution < -0.4 is 9.54 Å². The van der Waals surface area contributed by atoms with Crippen molar-refractivity contribution < 1.29 is 9.47 Å². The second-order valence-corrected chi connectivity index (χ2v) is 8.41. The van der Waals surface area contributed by atoms with E-state index in [4.69, 9.17) is 14.5 Å². The molecule has 0 amide bonds. The van der Waals surface area contributed by atoms with Crippen molar-refractivity contribution in [2.75, 3.05) is 40.0 Å². The van der Waals surface area contributed by atoms with E-state index in [9.17, 15) is 0 Å². The predicted octanol–water partition coefficient (Wildman–Crippen LogP) is 4.24. The second-order valence-electron chi connectivity index (χ2n) is 6.62. The minimum atomic E-state index is 0.799. The molecule has 0 aliphatic carbocycles. The Morgan fingerprint density at radius 3 is 2.71 bits per heavy atom. The molecular weight excluding hydrogens is 390 g/mol. The lowest BCUT2D eigenvalue weighted by molar-refractivity contribution is 0.0369. The summed E-state index contributed by atoms with van der Waals surface area (Å²) in [6.45, 7) is 5.79. The van der Waals surface area contributed by atoms with Crippen molar-refractivity contribution in [1.29, 1.82) is 0 Å². The summed E-state index contributed by atoms with van der Waals surface area (Å²) in [4.78, 5) is 9.71. The molecule has 3 aromatic rings. The van der Waals surface area contributed by atoms with E-state index in [2.05, 4.69) is 32.4 Å². The van der Waals surface area contributed by atoms with Gasteiger partial charge >= 0.3 is 0 Å². The molecule has 28 heavy (non-hydrogen) atoms.